The summed E-state index contributed by atoms with van der Waals surface area (Å²) < 4.78 is 16.3. The van der Waals surface area contributed by atoms with Crippen molar-refractivity contribution in [3.05, 3.63) is 47.9 Å². The molecule has 0 radical (unpaired) electrons. The quantitative estimate of drug-likeness (QED) is 0.679. The van der Waals surface area contributed by atoms with E-state index >= 15 is 0 Å². The fraction of sp³-hybridized carbons (Fsp3) is 0.368. The van der Waals surface area contributed by atoms with Crippen LogP contribution >= 0.6 is 0 Å². The molecule has 0 aliphatic carbocycles. The highest BCUT2D eigenvalue weighted by molar-refractivity contribution is 5.97. The number of hydrogen-bond acceptors (Lipinski definition) is 5. The smallest absolute Gasteiger partial charge is 0.251 e. The molecule has 2 rings (SSSR count). The third-order valence-corrected chi connectivity index (χ3v) is 3.42. The van der Waals surface area contributed by atoms with E-state index < -0.39 is 0 Å². The zero-order chi connectivity index (χ0) is 18.8. The Kier molecular flexibility index (Phi) is 7.54. The van der Waals surface area contributed by atoms with Gasteiger partial charge in [-0.05, 0) is 43.7 Å². The highest BCUT2D eigenvalue weighted by Crippen LogP contribution is 2.28. The summed E-state index contributed by atoms with van der Waals surface area (Å²) in [4.78, 5) is 24.1. The Labute approximate surface area is 152 Å². The molecule has 0 unspecified atom stereocenters. The van der Waals surface area contributed by atoms with E-state index in [0.717, 1.165) is 6.42 Å². The van der Waals surface area contributed by atoms with Gasteiger partial charge < -0.3 is 24.5 Å². The van der Waals surface area contributed by atoms with E-state index in [1.54, 1.807) is 30.3 Å². The minimum absolute atomic E-state index is 0.127. The zero-order valence-electron chi connectivity index (χ0n) is 15.0. The molecule has 2 aromatic rings. The van der Waals surface area contributed by atoms with Crippen LogP contribution in [0.25, 0.3) is 0 Å². The van der Waals surface area contributed by atoms with Gasteiger partial charge in [-0.1, -0.05) is 6.92 Å². The van der Waals surface area contributed by atoms with Crippen molar-refractivity contribution in [2.45, 2.75) is 26.8 Å². The topological polar surface area (TPSA) is 89.8 Å². The Hall–Kier alpha value is -2.96. The number of nitrogens with one attached hydrogen (secondary N) is 2. The Morgan fingerprint density at radius 3 is 2.62 bits per heavy atom. The Balaban J connectivity index is 1.89. The lowest BCUT2D eigenvalue weighted by molar-refractivity contribution is -0.120. The Morgan fingerprint density at radius 1 is 1.08 bits per heavy atom. The van der Waals surface area contributed by atoms with Crippen molar-refractivity contribution >= 4 is 11.8 Å². The maximum Gasteiger partial charge on any atom is 0.251 e. The van der Waals surface area contributed by atoms with Gasteiger partial charge in [0.05, 0.1) is 32.6 Å². The molecule has 26 heavy (non-hydrogen) atoms. The number of furan rings is 1. The predicted octanol–water partition coefficient (Wildman–Crippen LogP) is 2.51. The van der Waals surface area contributed by atoms with Crippen molar-refractivity contribution in [1.82, 2.24) is 10.6 Å². The van der Waals surface area contributed by atoms with Crippen molar-refractivity contribution in [2.75, 3.05) is 19.8 Å². The molecule has 0 saturated carbocycles. The summed E-state index contributed by atoms with van der Waals surface area (Å²) in [6.07, 6.45) is 2.41. The second-order valence-corrected chi connectivity index (χ2v) is 5.48. The Morgan fingerprint density at radius 2 is 1.92 bits per heavy atom. The molecule has 2 amide bonds. The SMILES string of the molecule is CCCOc1ccc(C(=O)NCC(=O)NCc2ccco2)cc1OCC. The van der Waals surface area contributed by atoms with Gasteiger partial charge in [-0.3, -0.25) is 9.59 Å². The number of benzene rings is 1. The summed E-state index contributed by atoms with van der Waals surface area (Å²) in [5.41, 5.74) is 0.399. The van der Waals surface area contributed by atoms with Gasteiger partial charge >= 0.3 is 0 Å². The lowest BCUT2D eigenvalue weighted by Gasteiger charge is -2.13. The molecule has 2 N–H and O–H groups in total. The van der Waals surface area contributed by atoms with Crippen LogP contribution in [0.1, 0.15) is 36.4 Å². The zero-order valence-corrected chi connectivity index (χ0v) is 15.0. The van der Waals surface area contributed by atoms with Crippen LogP contribution in [0.2, 0.25) is 0 Å². The van der Waals surface area contributed by atoms with Gasteiger partial charge in [-0.2, -0.15) is 0 Å². The summed E-state index contributed by atoms with van der Waals surface area (Å²) in [6, 6.07) is 8.46. The van der Waals surface area contributed by atoms with E-state index in [1.165, 1.54) is 6.26 Å². The average Bonchev–Trinajstić information content (AvgIpc) is 3.17. The van der Waals surface area contributed by atoms with Gasteiger partial charge in [-0.25, -0.2) is 0 Å². The van der Waals surface area contributed by atoms with Crippen LogP contribution in [-0.2, 0) is 11.3 Å². The second-order valence-electron chi connectivity index (χ2n) is 5.48. The maximum absolute atomic E-state index is 12.3. The number of carbonyl (C=O) groups excluding carboxylic acids is 2. The predicted molar refractivity (Wildman–Crippen MR) is 96.3 cm³/mol. The lowest BCUT2D eigenvalue weighted by Crippen LogP contribution is -2.36. The fourth-order valence-corrected chi connectivity index (χ4v) is 2.17. The summed E-state index contributed by atoms with van der Waals surface area (Å²) in [5.74, 6) is 1.09. The summed E-state index contributed by atoms with van der Waals surface area (Å²) in [5, 5.41) is 5.25. The van der Waals surface area contributed by atoms with Crippen molar-refractivity contribution in [3.8, 4) is 11.5 Å². The number of hydrogen-bond donors (Lipinski definition) is 2. The van der Waals surface area contributed by atoms with E-state index in [9.17, 15) is 9.59 Å². The molecular formula is C19H24N2O5. The average molecular weight is 360 g/mol. The van der Waals surface area contributed by atoms with E-state index in [1.807, 2.05) is 13.8 Å². The largest absolute Gasteiger partial charge is 0.490 e. The molecule has 0 aliphatic heterocycles. The minimum Gasteiger partial charge on any atom is -0.490 e. The third kappa shape index (κ3) is 5.84. The Bertz CT molecular complexity index is 713. The van der Waals surface area contributed by atoms with E-state index in [-0.39, 0.29) is 24.9 Å². The number of amides is 2. The van der Waals surface area contributed by atoms with Crippen molar-refractivity contribution in [2.24, 2.45) is 0 Å². The first-order valence-electron chi connectivity index (χ1n) is 8.61. The summed E-state index contributed by atoms with van der Waals surface area (Å²) >= 11 is 0. The maximum atomic E-state index is 12.3. The molecule has 1 aromatic heterocycles. The van der Waals surface area contributed by atoms with Gasteiger partial charge in [0.15, 0.2) is 11.5 Å². The van der Waals surface area contributed by atoms with Crippen molar-refractivity contribution in [3.63, 3.8) is 0 Å². The van der Waals surface area contributed by atoms with Crippen molar-refractivity contribution in [1.29, 1.82) is 0 Å². The lowest BCUT2D eigenvalue weighted by atomic mass is 10.2. The molecule has 0 bridgehead atoms. The first-order chi connectivity index (χ1) is 12.6. The van der Waals surface area contributed by atoms with Gasteiger partial charge in [0.25, 0.3) is 5.91 Å². The second kappa shape index (κ2) is 10.1. The standard InChI is InChI=1S/C19H24N2O5/c1-3-9-26-16-8-7-14(11-17(16)24-4-2)19(23)21-13-18(22)20-12-15-6-5-10-25-15/h5-8,10-11H,3-4,9,12-13H2,1-2H3,(H,20,22)(H,21,23). The van der Waals surface area contributed by atoms with Crippen LogP contribution in [0.4, 0.5) is 0 Å². The molecule has 1 aromatic carbocycles. The molecule has 7 heteroatoms. The number of rotatable bonds is 10. The number of ether oxygens (including phenoxy) is 2. The van der Waals surface area contributed by atoms with Gasteiger partial charge in [0.2, 0.25) is 5.91 Å². The van der Waals surface area contributed by atoms with Crippen LogP contribution in [0.3, 0.4) is 0 Å². The highest BCUT2D eigenvalue weighted by atomic mass is 16.5. The van der Waals surface area contributed by atoms with Crippen LogP contribution in [0, 0.1) is 0 Å². The normalized spacial score (nSPS) is 10.2. The van der Waals surface area contributed by atoms with Crippen LogP contribution in [0.15, 0.2) is 41.0 Å². The molecule has 0 spiro atoms. The molecule has 7 nitrogen and oxygen atoms in total. The van der Waals surface area contributed by atoms with Gasteiger partial charge in [0, 0.05) is 5.56 Å². The molecule has 0 atom stereocenters. The van der Waals surface area contributed by atoms with E-state index in [4.69, 9.17) is 13.9 Å². The molecule has 1 heterocycles. The van der Waals surface area contributed by atoms with Crippen LogP contribution in [0.5, 0.6) is 11.5 Å². The van der Waals surface area contributed by atoms with Gasteiger partial charge in [0.1, 0.15) is 5.76 Å². The van der Waals surface area contributed by atoms with E-state index in [2.05, 4.69) is 10.6 Å². The third-order valence-electron chi connectivity index (χ3n) is 3.42. The molecular weight excluding hydrogens is 336 g/mol. The molecule has 140 valence electrons. The van der Waals surface area contributed by atoms with Gasteiger partial charge in [-0.15, -0.1) is 0 Å². The molecule has 0 fully saturated rings. The monoisotopic (exact) mass is 360 g/mol. The first kappa shape index (κ1) is 19.4. The van der Waals surface area contributed by atoms with E-state index in [0.29, 0.717) is 36.0 Å². The minimum atomic E-state index is -0.360. The molecule has 0 aliphatic rings. The fourth-order valence-electron chi connectivity index (χ4n) is 2.17. The van der Waals surface area contributed by atoms with Crippen molar-refractivity contribution < 1.29 is 23.5 Å². The highest BCUT2D eigenvalue weighted by Gasteiger charge is 2.13. The first-order valence-corrected chi connectivity index (χ1v) is 8.61. The summed E-state index contributed by atoms with van der Waals surface area (Å²) in [7, 11) is 0. The summed E-state index contributed by atoms with van der Waals surface area (Å²) in [6.45, 7) is 5.06. The molecule has 0 saturated heterocycles. The van der Waals surface area contributed by atoms with Crippen LogP contribution < -0.4 is 20.1 Å². The van der Waals surface area contributed by atoms with Crippen LogP contribution in [-0.4, -0.2) is 31.6 Å². The number of carbonyl (C=O) groups is 2.